The third kappa shape index (κ3) is 15.1. The number of hydrogen-bond acceptors (Lipinski definition) is 3. The van der Waals surface area contributed by atoms with Gasteiger partial charge < -0.3 is 0 Å². The molecule has 0 fully saturated rings. The van der Waals surface area contributed by atoms with Gasteiger partial charge in [-0.3, -0.25) is 0 Å². The normalized spacial score (nSPS) is 13.4. The topological polar surface area (TPSA) is 49.6 Å². The molecule has 0 saturated heterocycles. The van der Waals surface area contributed by atoms with E-state index in [1.807, 2.05) is 24.3 Å². The van der Waals surface area contributed by atoms with E-state index in [2.05, 4.69) is 187 Å². The maximum absolute atomic E-state index is 9.93. The van der Waals surface area contributed by atoms with Gasteiger partial charge in [-0.1, -0.05) is 308 Å². The van der Waals surface area contributed by atoms with E-state index >= 15 is 0 Å². The number of nitriles is 1. The molecular weight excluding hydrogens is 1060 g/mol. The first-order valence-electron chi connectivity index (χ1n) is 35.0. The third-order valence-corrected chi connectivity index (χ3v) is 20.1. The Balaban J connectivity index is 1.08. The molecule has 0 atom stereocenters. The second kappa shape index (κ2) is 31.3. The molecule has 0 N–H and O–H groups in total. The van der Waals surface area contributed by atoms with Crippen molar-refractivity contribution in [3.05, 3.63) is 202 Å². The minimum Gasteiger partial charge on any atom is -0.228 e. The summed E-state index contributed by atoms with van der Waals surface area (Å²) in [6, 6.07) is 60.0. The van der Waals surface area contributed by atoms with Crippen LogP contribution in [0.5, 0.6) is 0 Å². The number of rotatable bonds is 34. The second-order valence-electron chi connectivity index (χ2n) is 26.6. The van der Waals surface area contributed by atoms with Gasteiger partial charge in [0.1, 0.15) is 0 Å². The average molecular weight is 1160 g/mol. The Kier molecular flexibility index (Phi) is 22.7. The van der Waals surface area contributed by atoms with Crippen LogP contribution in [0, 0.1) is 25.2 Å². The van der Waals surface area contributed by atoms with Crippen LogP contribution in [0.3, 0.4) is 0 Å². The van der Waals surface area contributed by atoms with Gasteiger partial charge in [0, 0.05) is 27.5 Å². The van der Waals surface area contributed by atoms with E-state index < -0.39 is 0 Å². The summed E-state index contributed by atoms with van der Waals surface area (Å²) in [6.07, 6.45) is 39.8. The van der Waals surface area contributed by atoms with E-state index in [1.165, 1.54) is 239 Å². The molecule has 0 radical (unpaired) electrons. The smallest absolute Gasteiger partial charge is 0.160 e. The average Bonchev–Trinajstić information content (AvgIpc) is 3.21. The summed E-state index contributed by atoms with van der Waals surface area (Å²) in [6.45, 7) is 13.7. The molecule has 8 aromatic rings. The fraction of sp³-hybridized carbons (Fsp3) is 0.424. The molecule has 3 heteroatoms. The van der Waals surface area contributed by atoms with Gasteiger partial charge in [0.15, 0.2) is 5.82 Å². The highest BCUT2D eigenvalue weighted by Crippen LogP contribution is 2.57. The monoisotopic (exact) mass is 1160 g/mol. The van der Waals surface area contributed by atoms with E-state index in [0.717, 1.165) is 40.9 Å². The van der Waals surface area contributed by atoms with Crippen molar-refractivity contribution in [3.8, 4) is 73.4 Å². The van der Waals surface area contributed by atoms with Crippen LogP contribution in [0.15, 0.2) is 152 Å². The lowest BCUT2D eigenvalue weighted by Gasteiger charge is -2.33. The van der Waals surface area contributed by atoms with Gasteiger partial charge in [-0.25, -0.2) is 9.97 Å². The van der Waals surface area contributed by atoms with E-state index in [0.29, 0.717) is 11.4 Å². The summed E-state index contributed by atoms with van der Waals surface area (Å²) in [5.74, 6) is 0.692. The summed E-state index contributed by atoms with van der Waals surface area (Å²) in [7, 11) is 0. The van der Waals surface area contributed by atoms with Crippen LogP contribution in [0.2, 0.25) is 0 Å². The molecule has 0 amide bonds. The molecule has 2 aliphatic carbocycles. The summed E-state index contributed by atoms with van der Waals surface area (Å²) < 4.78 is 0. The molecule has 0 spiro atoms. The molecule has 3 nitrogen and oxygen atoms in total. The number of aromatic nitrogens is 2. The molecule has 0 aliphatic heterocycles. The first-order chi connectivity index (χ1) is 43.2. The number of hydrogen-bond donors (Lipinski definition) is 0. The van der Waals surface area contributed by atoms with E-state index in [1.54, 1.807) is 5.56 Å². The molecule has 88 heavy (non-hydrogen) atoms. The zero-order valence-electron chi connectivity index (χ0n) is 54.7. The molecule has 1 aromatic heterocycles. The van der Waals surface area contributed by atoms with Gasteiger partial charge in [-0.15, -0.1) is 0 Å². The zero-order chi connectivity index (χ0) is 61.1. The Hall–Kier alpha value is -7.15. The van der Waals surface area contributed by atoms with Crippen LogP contribution in [0.1, 0.15) is 258 Å². The molecule has 0 bridgehead atoms. The molecule has 7 aromatic carbocycles. The fourth-order valence-corrected chi connectivity index (χ4v) is 15.0. The van der Waals surface area contributed by atoms with Crippen LogP contribution in [0.4, 0.5) is 0 Å². The van der Waals surface area contributed by atoms with Gasteiger partial charge in [0.2, 0.25) is 0 Å². The number of aryl methyl sites for hydroxylation is 2. The van der Waals surface area contributed by atoms with Crippen LogP contribution in [-0.2, 0) is 10.8 Å². The number of benzene rings is 7. The summed E-state index contributed by atoms with van der Waals surface area (Å²) in [5, 5.41) is 9.93. The van der Waals surface area contributed by atoms with Gasteiger partial charge in [0.05, 0.1) is 23.0 Å². The number of unbranched alkanes of at least 4 members (excludes halogenated alkanes) is 20. The van der Waals surface area contributed by atoms with Crippen molar-refractivity contribution in [1.29, 1.82) is 5.26 Å². The predicted octanol–water partition coefficient (Wildman–Crippen LogP) is 25.3. The molecule has 0 unspecified atom stereocenters. The second-order valence-corrected chi connectivity index (χ2v) is 26.6. The quantitative estimate of drug-likeness (QED) is 0.0298. The highest BCUT2D eigenvalue weighted by Gasteiger charge is 2.44. The van der Waals surface area contributed by atoms with Crippen molar-refractivity contribution < 1.29 is 0 Å². The van der Waals surface area contributed by atoms with Crippen molar-refractivity contribution in [2.24, 2.45) is 0 Å². The zero-order valence-corrected chi connectivity index (χ0v) is 54.7. The largest absolute Gasteiger partial charge is 0.228 e. The molecule has 2 aliphatic rings. The van der Waals surface area contributed by atoms with Crippen LogP contribution in [-0.4, -0.2) is 9.97 Å². The lowest BCUT2D eigenvalue weighted by molar-refractivity contribution is 0.398. The van der Waals surface area contributed by atoms with Gasteiger partial charge in [-0.05, 0) is 155 Å². The molecule has 10 rings (SSSR count). The number of fused-ring (bicyclic) bond motifs is 6. The minimum atomic E-state index is -0.141. The van der Waals surface area contributed by atoms with Crippen LogP contribution in [0.25, 0.3) is 79.4 Å². The maximum atomic E-state index is 9.93. The highest BCUT2D eigenvalue weighted by molar-refractivity contribution is 5.88. The van der Waals surface area contributed by atoms with E-state index in [4.69, 9.17) is 9.97 Å². The van der Waals surface area contributed by atoms with E-state index in [-0.39, 0.29) is 10.8 Å². The Bertz CT molecular complexity index is 3580. The van der Waals surface area contributed by atoms with Gasteiger partial charge in [0.25, 0.3) is 0 Å². The Morgan fingerprint density at radius 2 is 0.659 bits per heavy atom. The highest BCUT2D eigenvalue weighted by atomic mass is 14.9. The molecular formula is C85H101N3. The van der Waals surface area contributed by atoms with Crippen molar-refractivity contribution in [1.82, 2.24) is 9.97 Å². The van der Waals surface area contributed by atoms with Crippen LogP contribution < -0.4 is 0 Å². The van der Waals surface area contributed by atoms with Gasteiger partial charge in [-0.2, -0.15) is 5.26 Å². The van der Waals surface area contributed by atoms with Gasteiger partial charge >= 0.3 is 0 Å². The van der Waals surface area contributed by atoms with Crippen molar-refractivity contribution in [3.63, 3.8) is 0 Å². The first-order valence-corrected chi connectivity index (χ1v) is 35.0. The van der Waals surface area contributed by atoms with Crippen LogP contribution >= 0.6 is 0 Å². The molecule has 456 valence electrons. The van der Waals surface area contributed by atoms with Crippen molar-refractivity contribution >= 4 is 12.2 Å². The fourth-order valence-electron chi connectivity index (χ4n) is 15.0. The SMILES string of the molecule is CCCCCCCCC1(CCCCCCCC)c2cc(C)ccc2-c2ccc(-c3cc(-c4ccc5c(c4)C(CCCCCCCC)(CCCCCCCC)c4cc(-c6ccc(/C=C/c7ccc(C)cc7)cc6)ccc4-5)nc(-c4ccc(C#N)cc4)n3)cc21. The lowest BCUT2D eigenvalue weighted by atomic mass is 9.70. The molecule has 1 heterocycles. The van der Waals surface area contributed by atoms with Crippen molar-refractivity contribution in [2.45, 2.75) is 232 Å². The van der Waals surface area contributed by atoms with Crippen molar-refractivity contribution in [2.75, 3.05) is 0 Å². The predicted molar refractivity (Wildman–Crippen MR) is 378 cm³/mol. The Labute approximate surface area is 531 Å². The van der Waals surface area contributed by atoms with E-state index in [9.17, 15) is 5.26 Å². The maximum Gasteiger partial charge on any atom is 0.160 e. The third-order valence-electron chi connectivity index (χ3n) is 20.1. The summed E-state index contributed by atoms with van der Waals surface area (Å²) in [5.41, 5.74) is 24.7. The lowest BCUT2D eigenvalue weighted by Crippen LogP contribution is -2.26. The first kappa shape index (κ1) is 63.9. The number of nitrogens with zero attached hydrogens (tertiary/aromatic N) is 3. The summed E-state index contributed by atoms with van der Waals surface area (Å²) >= 11 is 0. The molecule has 0 saturated carbocycles. The standard InChI is InChI=1S/C85H101N3/c1-7-11-15-19-23-27-53-84(54-28-24-20-16-12-8-2)77-57-64(6)33-49-73(77)75-51-47-71(59-79(75)84)81-61-82(88-83(87-81)69-44-40-67(62-86)41-45-69)72-48-52-76-74-50-46-70(68-42-38-66(39-43-68)37-36-65-34-31-63(5)32-35-65)58-78(74)85(80(76)60-72,55-29-25-21-17-13-9-3)56-30-26-22-18-14-10-4/h31-52,57-61H,7-30,53-56H2,1-6H3/b37-36+. The summed E-state index contributed by atoms with van der Waals surface area (Å²) in [4.78, 5) is 11.1. The minimum absolute atomic E-state index is 0.0547. The Morgan fingerprint density at radius 3 is 1.08 bits per heavy atom. The Morgan fingerprint density at radius 1 is 0.330 bits per heavy atom.